The zero-order valence-electron chi connectivity index (χ0n) is 12.1. The van der Waals surface area contributed by atoms with Crippen LogP contribution in [0.4, 0.5) is 0 Å². The van der Waals surface area contributed by atoms with Gasteiger partial charge in [-0.25, -0.2) is 0 Å². The Morgan fingerprint density at radius 1 is 0.444 bits per heavy atom. The highest BCUT2D eigenvalue weighted by molar-refractivity contribution is 4.73. The molecule has 18 heavy (non-hydrogen) atoms. The van der Waals surface area contributed by atoms with E-state index in [0.717, 1.165) is 0 Å². The molecule has 0 heterocycles. The van der Waals surface area contributed by atoms with E-state index in [9.17, 15) is 0 Å². The molecule has 2 saturated carbocycles. The third kappa shape index (κ3) is 9.00. The summed E-state index contributed by atoms with van der Waals surface area (Å²) in [6, 6.07) is 0. The van der Waals surface area contributed by atoms with E-state index in [2.05, 4.69) is 27.7 Å². The fourth-order valence-corrected chi connectivity index (χ4v) is 3.02. The Morgan fingerprint density at radius 3 is 0.778 bits per heavy atom. The Hall–Kier alpha value is 0. The highest BCUT2D eigenvalue weighted by Gasteiger charge is 2.20. The van der Waals surface area contributed by atoms with Gasteiger partial charge in [0.05, 0.1) is 0 Å². The predicted octanol–water partition coefficient (Wildman–Crippen LogP) is 7.23. The molecule has 0 amide bonds. The maximum atomic E-state index is 2.38. The van der Waals surface area contributed by atoms with Crippen molar-refractivity contribution in [1.82, 2.24) is 0 Å². The van der Waals surface area contributed by atoms with Gasteiger partial charge in [-0.05, 0) is 36.5 Å². The van der Waals surface area contributed by atoms with Crippen molar-refractivity contribution in [2.45, 2.75) is 107 Å². The van der Waals surface area contributed by atoms with Crippen molar-refractivity contribution < 1.29 is 0 Å². The average Bonchev–Trinajstić information content (AvgIpc) is 2.17. The van der Waals surface area contributed by atoms with Gasteiger partial charge in [-0.1, -0.05) is 81.1 Å². The zero-order chi connectivity index (χ0) is 12.1. The van der Waals surface area contributed by atoms with Crippen molar-refractivity contribution in [3.8, 4) is 0 Å². The minimum atomic E-state index is 0. The molecule has 0 unspecified atom stereocenters. The molecule has 0 heteroatoms. The van der Waals surface area contributed by atoms with Gasteiger partial charge in [0.15, 0.2) is 0 Å². The van der Waals surface area contributed by atoms with Crippen LogP contribution in [0.1, 0.15) is 107 Å². The van der Waals surface area contributed by atoms with Gasteiger partial charge in [0.2, 0.25) is 0 Å². The van der Waals surface area contributed by atoms with E-state index < -0.39 is 0 Å². The summed E-state index contributed by atoms with van der Waals surface area (Å²) in [6.45, 7) is 9.52. The number of hydrogen-bond donors (Lipinski definition) is 0. The molecule has 0 atom stereocenters. The SMILES string of the molecule is C.C.CC1(C)CCCCC1.CC1(C)CCCCC1. The second kappa shape index (κ2) is 8.99. The molecular formula is C18H40. The standard InChI is InChI=1S/2C8H16.2CH4/c2*1-8(2)6-4-3-5-7-8;;/h2*3-7H2,1-2H3;2*1H4. The maximum absolute atomic E-state index is 2.38. The van der Waals surface area contributed by atoms with Crippen LogP contribution in [0.25, 0.3) is 0 Å². The highest BCUT2D eigenvalue weighted by Crippen LogP contribution is 2.35. The molecule has 0 N–H and O–H groups in total. The van der Waals surface area contributed by atoms with E-state index in [0.29, 0.717) is 10.8 Å². The van der Waals surface area contributed by atoms with Crippen LogP contribution in [0.2, 0.25) is 0 Å². The van der Waals surface area contributed by atoms with Crippen LogP contribution in [0.15, 0.2) is 0 Å². The molecule has 2 aliphatic rings. The van der Waals surface area contributed by atoms with Crippen molar-refractivity contribution in [3.05, 3.63) is 0 Å². The monoisotopic (exact) mass is 256 g/mol. The summed E-state index contributed by atoms with van der Waals surface area (Å²) in [4.78, 5) is 0. The lowest BCUT2D eigenvalue weighted by Crippen LogP contribution is -2.14. The molecule has 0 nitrogen and oxygen atoms in total. The van der Waals surface area contributed by atoms with Crippen molar-refractivity contribution in [2.24, 2.45) is 10.8 Å². The maximum Gasteiger partial charge on any atom is -0.0354 e. The number of rotatable bonds is 0. The summed E-state index contributed by atoms with van der Waals surface area (Å²) in [7, 11) is 0. The Morgan fingerprint density at radius 2 is 0.667 bits per heavy atom. The minimum Gasteiger partial charge on any atom is -0.0776 e. The van der Waals surface area contributed by atoms with Gasteiger partial charge in [-0.3, -0.25) is 0 Å². The van der Waals surface area contributed by atoms with Gasteiger partial charge in [0.1, 0.15) is 0 Å². The van der Waals surface area contributed by atoms with Gasteiger partial charge in [-0.2, -0.15) is 0 Å². The molecule has 0 spiro atoms. The van der Waals surface area contributed by atoms with Crippen LogP contribution in [0.5, 0.6) is 0 Å². The lowest BCUT2D eigenvalue weighted by atomic mass is 9.78. The molecule has 0 aromatic rings. The second-order valence-electron chi connectivity index (χ2n) is 7.45. The number of hydrogen-bond acceptors (Lipinski definition) is 0. The molecule has 0 aromatic heterocycles. The molecule has 2 fully saturated rings. The molecule has 0 radical (unpaired) electrons. The van der Waals surface area contributed by atoms with Crippen molar-refractivity contribution >= 4 is 0 Å². The van der Waals surface area contributed by atoms with Gasteiger partial charge in [0.25, 0.3) is 0 Å². The van der Waals surface area contributed by atoms with E-state index in [4.69, 9.17) is 0 Å². The molecule has 0 aromatic carbocycles. The largest absolute Gasteiger partial charge is 0.0776 e. The van der Waals surface area contributed by atoms with Crippen molar-refractivity contribution in [2.75, 3.05) is 0 Å². The first-order chi connectivity index (χ1) is 7.41. The van der Waals surface area contributed by atoms with Gasteiger partial charge < -0.3 is 0 Å². The third-order valence-electron chi connectivity index (χ3n) is 4.41. The van der Waals surface area contributed by atoms with Crippen LogP contribution in [0, 0.1) is 10.8 Å². The molecule has 2 aliphatic carbocycles. The van der Waals surface area contributed by atoms with E-state index >= 15 is 0 Å². The fourth-order valence-electron chi connectivity index (χ4n) is 3.02. The third-order valence-corrected chi connectivity index (χ3v) is 4.41. The van der Waals surface area contributed by atoms with Crippen molar-refractivity contribution in [3.63, 3.8) is 0 Å². The predicted molar refractivity (Wildman–Crippen MR) is 87.2 cm³/mol. The quantitative estimate of drug-likeness (QED) is 0.429. The minimum absolute atomic E-state index is 0. The highest BCUT2D eigenvalue weighted by atomic mass is 14.3. The Bertz CT molecular complexity index is 150. The molecular weight excluding hydrogens is 216 g/mol. The first kappa shape index (κ1) is 20.3. The Kier molecular flexibility index (Phi) is 10.2. The average molecular weight is 257 g/mol. The molecule has 0 bridgehead atoms. The lowest BCUT2D eigenvalue weighted by Gasteiger charge is -2.28. The van der Waals surface area contributed by atoms with Crippen LogP contribution >= 0.6 is 0 Å². The fraction of sp³-hybridized carbons (Fsp3) is 1.00. The summed E-state index contributed by atoms with van der Waals surface area (Å²) >= 11 is 0. The van der Waals surface area contributed by atoms with E-state index in [1.807, 2.05) is 0 Å². The lowest BCUT2D eigenvalue weighted by molar-refractivity contribution is 0.244. The van der Waals surface area contributed by atoms with E-state index in [-0.39, 0.29) is 14.9 Å². The van der Waals surface area contributed by atoms with Crippen LogP contribution in [-0.4, -0.2) is 0 Å². The van der Waals surface area contributed by atoms with E-state index in [1.54, 1.807) is 0 Å². The first-order valence-corrected chi connectivity index (χ1v) is 7.41. The first-order valence-electron chi connectivity index (χ1n) is 7.41. The summed E-state index contributed by atoms with van der Waals surface area (Å²) < 4.78 is 0. The van der Waals surface area contributed by atoms with Crippen LogP contribution < -0.4 is 0 Å². The zero-order valence-corrected chi connectivity index (χ0v) is 12.1. The smallest absolute Gasteiger partial charge is 0.0354 e. The van der Waals surface area contributed by atoms with Crippen LogP contribution in [-0.2, 0) is 0 Å². The Labute approximate surface area is 118 Å². The summed E-state index contributed by atoms with van der Waals surface area (Å²) in [5, 5.41) is 0. The summed E-state index contributed by atoms with van der Waals surface area (Å²) in [5.74, 6) is 0. The Balaban J connectivity index is 0. The van der Waals surface area contributed by atoms with E-state index in [1.165, 1.54) is 64.2 Å². The van der Waals surface area contributed by atoms with Gasteiger partial charge in [-0.15, -0.1) is 0 Å². The summed E-state index contributed by atoms with van der Waals surface area (Å²) in [6.07, 6.45) is 14.6. The topological polar surface area (TPSA) is 0 Å². The molecule has 0 saturated heterocycles. The van der Waals surface area contributed by atoms with Crippen LogP contribution in [0.3, 0.4) is 0 Å². The molecule has 0 aliphatic heterocycles. The van der Waals surface area contributed by atoms with Gasteiger partial charge >= 0.3 is 0 Å². The molecule has 112 valence electrons. The second-order valence-corrected chi connectivity index (χ2v) is 7.45. The molecule has 2 rings (SSSR count). The normalized spacial score (nSPS) is 24.7. The van der Waals surface area contributed by atoms with Crippen molar-refractivity contribution in [1.29, 1.82) is 0 Å². The van der Waals surface area contributed by atoms with Gasteiger partial charge in [0, 0.05) is 0 Å². The summed E-state index contributed by atoms with van der Waals surface area (Å²) in [5.41, 5.74) is 1.36.